The van der Waals surface area contributed by atoms with Crippen molar-refractivity contribution in [2.24, 2.45) is 0 Å². The Morgan fingerprint density at radius 1 is 1.00 bits per heavy atom. The van der Waals surface area contributed by atoms with E-state index in [1.54, 1.807) is 11.3 Å². The molecule has 2 aromatic carbocycles. The highest BCUT2D eigenvalue weighted by molar-refractivity contribution is 7.09. The lowest BCUT2D eigenvalue weighted by atomic mass is 10.0. The topological polar surface area (TPSA) is 35.8 Å². The molecule has 0 aliphatic rings. The Bertz CT molecular complexity index is 754. The Morgan fingerprint density at radius 3 is 2.60 bits per heavy atom. The van der Waals surface area contributed by atoms with Crippen LogP contribution in [-0.2, 0) is 6.42 Å². The van der Waals surface area contributed by atoms with Gasteiger partial charge in [0.1, 0.15) is 0 Å². The highest BCUT2D eigenvalue weighted by Crippen LogP contribution is 2.26. The standard InChI is InChI=1S/C17H14N2S/c18-12-13-7-8-17(16-6-2-1-5-15(13)16)19-10-9-14-4-3-11-20-14/h1-8,11,19H,9-10H2. The second kappa shape index (κ2) is 5.77. The summed E-state index contributed by atoms with van der Waals surface area (Å²) in [4.78, 5) is 1.38. The summed E-state index contributed by atoms with van der Waals surface area (Å²) in [5.74, 6) is 0. The van der Waals surface area contributed by atoms with E-state index in [4.69, 9.17) is 5.26 Å². The van der Waals surface area contributed by atoms with E-state index in [1.807, 2.05) is 30.3 Å². The molecule has 3 heteroatoms. The van der Waals surface area contributed by atoms with Gasteiger partial charge in [-0.25, -0.2) is 0 Å². The molecule has 0 unspecified atom stereocenters. The smallest absolute Gasteiger partial charge is 0.0998 e. The fraction of sp³-hybridized carbons (Fsp3) is 0.118. The van der Waals surface area contributed by atoms with E-state index in [9.17, 15) is 0 Å². The normalized spacial score (nSPS) is 10.3. The van der Waals surface area contributed by atoms with Crippen LogP contribution in [-0.4, -0.2) is 6.54 Å². The van der Waals surface area contributed by atoms with Gasteiger partial charge in [-0.15, -0.1) is 11.3 Å². The van der Waals surface area contributed by atoms with E-state index >= 15 is 0 Å². The Kier molecular flexibility index (Phi) is 3.67. The summed E-state index contributed by atoms with van der Waals surface area (Å²) in [6.45, 7) is 0.899. The largest absolute Gasteiger partial charge is 0.384 e. The van der Waals surface area contributed by atoms with Crippen molar-refractivity contribution >= 4 is 27.8 Å². The molecule has 98 valence electrons. The maximum atomic E-state index is 9.16. The van der Waals surface area contributed by atoms with Gasteiger partial charge >= 0.3 is 0 Å². The lowest BCUT2D eigenvalue weighted by Crippen LogP contribution is -2.04. The third kappa shape index (κ3) is 2.52. The summed E-state index contributed by atoms with van der Waals surface area (Å²) in [6.07, 6.45) is 1.02. The number of benzene rings is 2. The molecule has 3 rings (SSSR count). The minimum Gasteiger partial charge on any atom is -0.384 e. The molecular weight excluding hydrogens is 264 g/mol. The Labute approximate surface area is 122 Å². The summed E-state index contributed by atoms with van der Waals surface area (Å²) < 4.78 is 0. The summed E-state index contributed by atoms with van der Waals surface area (Å²) in [6, 6.07) is 18.4. The molecule has 2 nitrogen and oxygen atoms in total. The van der Waals surface area contributed by atoms with Crippen LogP contribution in [0.25, 0.3) is 10.8 Å². The van der Waals surface area contributed by atoms with Gasteiger partial charge in [-0.3, -0.25) is 0 Å². The van der Waals surface area contributed by atoms with Gasteiger partial charge < -0.3 is 5.32 Å². The Morgan fingerprint density at radius 2 is 1.85 bits per heavy atom. The van der Waals surface area contributed by atoms with E-state index in [-0.39, 0.29) is 0 Å². The fourth-order valence-electron chi connectivity index (χ4n) is 2.33. The van der Waals surface area contributed by atoms with Gasteiger partial charge in [-0.1, -0.05) is 30.3 Å². The lowest BCUT2D eigenvalue weighted by Gasteiger charge is -2.10. The Hall–Kier alpha value is -2.31. The van der Waals surface area contributed by atoms with Gasteiger partial charge in [0.05, 0.1) is 11.6 Å². The monoisotopic (exact) mass is 278 g/mol. The van der Waals surface area contributed by atoms with Crippen molar-refractivity contribution in [3.05, 3.63) is 64.4 Å². The van der Waals surface area contributed by atoms with E-state index in [1.165, 1.54) is 4.88 Å². The second-order valence-corrected chi connectivity index (χ2v) is 5.61. The molecule has 20 heavy (non-hydrogen) atoms. The molecule has 0 atom stereocenters. The SMILES string of the molecule is N#Cc1ccc(NCCc2cccs2)c2ccccc12. The zero-order chi connectivity index (χ0) is 13.8. The molecule has 0 fully saturated rings. The third-order valence-electron chi connectivity index (χ3n) is 3.31. The van der Waals surface area contributed by atoms with E-state index < -0.39 is 0 Å². The third-order valence-corrected chi connectivity index (χ3v) is 4.25. The maximum absolute atomic E-state index is 9.16. The van der Waals surface area contributed by atoms with Crippen molar-refractivity contribution in [2.75, 3.05) is 11.9 Å². The number of anilines is 1. The molecule has 0 aliphatic carbocycles. The van der Waals surface area contributed by atoms with Crippen molar-refractivity contribution in [2.45, 2.75) is 6.42 Å². The first-order valence-corrected chi connectivity index (χ1v) is 7.44. The minimum absolute atomic E-state index is 0.726. The number of nitrogens with one attached hydrogen (secondary N) is 1. The van der Waals surface area contributed by atoms with Crippen LogP contribution in [0.1, 0.15) is 10.4 Å². The Balaban J connectivity index is 1.83. The van der Waals surface area contributed by atoms with Crippen molar-refractivity contribution < 1.29 is 0 Å². The molecule has 0 spiro atoms. The lowest BCUT2D eigenvalue weighted by molar-refractivity contribution is 1.05. The van der Waals surface area contributed by atoms with Crippen LogP contribution < -0.4 is 5.32 Å². The molecule has 0 saturated heterocycles. The highest BCUT2D eigenvalue weighted by atomic mass is 32.1. The van der Waals surface area contributed by atoms with E-state index in [2.05, 4.69) is 35.0 Å². The summed E-state index contributed by atoms with van der Waals surface area (Å²) in [5, 5.41) is 16.9. The van der Waals surface area contributed by atoms with E-state index in [0.29, 0.717) is 0 Å². The quantitative estimate of drug-likeness (QED) is 0.766. The molecule has 1 N–H and O–H groups in total. The molecule has 0 aliphatic heterocycles. The van der Waals surface area contributed by atoms with Crippen LogP contribution >= 0.6 is 11.3 Å². The van der Waals surface area contributed by atoms with E-state index in [0.717, 1.165) is 35.0 Å². The molecule has 0 bridgehead atoms. The first-order chi connectivity index (χ1) is 9.88. The van der Waals surface area contributed by atoms with Crippen LogP contribution in [0.4, 0.5) is 5.69 Å². The van der Waals surface area contributed by atoms with Crippen LogP contribution in [0.5, 0.6) is 0 Å². The number of hydrogen-bond donors (Lipinski definition) is 1. The summed E-state index contributed by atoms with van der Waals surface area (Å²) >= 11 is 1.78. The number of thiophene rings is 1. The molecule has 0 saturated carbocycles. The predicted octanol–water partition coefficient (Wildman–Crippen LogP) is 4.43. The molecule has 3 aromatic rings. The average molecular weight is 278 g/mol. The van der Waals surface area contributed by atoms with Crippen LogP contribution in [0.3, 0.4) is 0 Å². The van der Waals surface area contributed by atoms with Crippen molar-refractivity contribution in [1.82, 2.24) is 0 Å². The van der Waals surface area contributed by atoms with Crippen molar-refractivity contribution in [3.63, 3.8) is 0 Å². The number of hydrogen-bond acceptors (Lipinski definition) is 3. The van der Waals surface area contributed by atoms with Crippen LogP contribution in [0, 0.1) is 11.3 Å². The first kappa shape index (κ1) is 12.7. The van der Waals surface area contributed by atoms with Gasteiger partial charge in [0, 0.05) is 27.9 Å². The highest BCUT2D eigenvalue weighted by Gasteiger charge is 2.04. The van der Waals surface area contributed by atoms with Gasteiger partial charge in [0.25, 0.3) is 0 Å². The number of rotatable bonds is 4. The van der Waals surface area contributed by atoms with Crippen LogP contribution in [0.2, 0.25) is 0 Å². The number of nitrogens with zero attached hydrogens (tertiary/aromatic N) is 1. The molecule has 1 aromatic heterocycles. The minimum atomic E-state index is 0.726. The molecular formula is C17H14N2S. The van der Waals surface area contributed by atoms with Crippen molar-refractivity contribution in [1.29, 1.82) is 5.26 Å². The predicted molar refractivity (Wildman–Crippen MR) is 85.2 cm³/mol. The maximum Gasteiger partial charge on any atom is 0.0998 e. The number of fused-ring (bicyclic) bond motifs is 1. The molecule has 0 amide bonds. The molecule has 0 radical (unpaired) electrons. The zero-order valence-electron chi connectivity index (χ0n) is 11.0. The van der Waals surface area contributed by atoms with Gasteiger partial charge in [0.2, 0.25) is 0 Å². The zero-order valence-corrected chi connectivity index (χ0v) is 11.8. The fourth-order valence-corrected chi connectivity index (χ4v) is 3.03. The second-order valence-electron chi connectivity index (χ2n) is 4.57. The van der Waals surface area contributed by atoms with Crippen molar-refractivity contribution in [3.8, 4) is 6.07 Å². The van der Waals surface area contributed by atoms with Gasteiger partial charge in [0.15, 0.2) is 0 Å². The van der Waals surface area contributed by atoms with Gasteiger partial charge in [-0.2, -0.15) is 5.26 Å². The first-order valence-electron chi connectivity index (χ1n) is 6.56. The van der Waals surface area contributed by atoms with Crippen LogP contribution in [0.15, 0.2) is 53.9 Å². The number of nitriles is 1. The summed E-state index contributed by atoms with van der Waals surface area (Å²) in [7, 11) is 0. The van der Waals surface area contributed by atoms with Gasteiger partial charge in [-0.05, 0) is 30.0 Å². The summed E-state index contributed by atoms with van der Waals surface area (Å²) in [5.41, 5.74) is 1.82. The average Bonchev–Trinajstić information content (AvgIpc) is 3.01. The molecule has 1 heterocycles.